The molecule has 1 aliphatic heterocycles. The molecule has 1 aliphatic rings. The summed E-state index contributed by atoms with van der Waals surface area (Å²) < 4.78 is 7.31. The number of piperazine rings is 1. The number of aryl methyl sites for hydroxylation is 1. The monoisotopic (exact) mass is 476 g/mol. The van der Waals surface area contributed by atoms with Crippen LogP contribution in [0.3, 0.4) is 0 Å². The van der Waals surface area contributed by atoms with Gasteiger partial charge in [0.1, 0.15) is 5.02 Å². The summed E-state index contributed by atoms with van der Waals surface area (Å²) in [4.78, 5) is 17.2. The van der Waals surface area contributed by atoms with Crippen molar-refractivity contribution in [1.29, 1.82) is 0 Å². The summed E-state index contributed by atoms with van der Waals surface area (Å²) in [6.45, 7) is 7.05. The topological polar surface area (TPSA) is 80.3 Å². The number of benzene rings is 2. The van der Waals surface area contributed by atoms with Gasteiger partial charge in [0.05, 0.1) is 23.6 Å². The minimum absolute atomic E-state index is 0.0205. The van der Waals surface area contributed by atoms with Crippen LogP contribution in [-0.2, 0) is 0 Å². The number of halogens is 1. The van der Waals surface area contributed by atoms with Crippen LogP contribution in [0, 0.1) is 6.92 Å². The lowest BCUT2D eigenvalue weighted by Crippen LogP contribution is -2.47. The number of rotatable bonds is 5. The fourth-order valence-electron chi connectivity index (χ4n) is 4.20. The normalized spacial score (nSPS) is 15.4. The molecule has 0 spiro atoms. The molecule has 1 fully saturated rings. The average molecular weight is 477 g/mol. The molecule has 0 amide bonds. The lowest BCUT2D eigenvalue weighted by Gasteiger charge is -2.38. The number of nitrogens with zero attached hydrogens (tertiary/aromatic N) is 6. The smallest absolute Gasteiger partial charge is 0.292 e. The molecule has 4 aromatic rings. The van der Waals surface area contributed by atoms with Gasteiger partial charge in [0.25, 0.3) is 5.56 Å². The predicted octanol–water partition coefficient (Wildman–Crippen LogP) is 4.13. The molecule has 5 rings (SSSR count). The minimum Gasteiger partial charge on any atom is -0.419 e. The van der Waals surface area contributed by atoms with E-state index in [2.05, 4.69) is 32.0 Å². The lowest BCUT2D eigenvalue weighted by molar-refractivity contribution is 0.173. The second-order valence-corrected chi connectivity index (χ2v) is 8.79. The molecule has 1 saturated heterocycles. The number of anilines is 1. The van der Waals surface area contributed by atoms with Crippen molar-refractivity contribution in [3.63, 3.8) is 0 Å². The molecular formula is C25H25ClN6O2. The number of para-hydroxylation sites is 1. The number of hydrogen-bond acceptors (Lipinski definition) is 7. The SMILES string of the molecule is Cc1cccc(-c2nnc([C@H](C)N3CCN(c4cnn(-c5ccccc5)c(=O)c4Cl)CC3)o2)c1. The van der Waals surface area contributed by atoms with Gasteiger partial charge in [0, 0.05) is 31.7 Å². The van der Waals surface area contributed by atoms with Gasteiger partial charge in [-0.1, -0.05) is 47.5 Å². The van der Waals surface area contributed by atoms with Crippen molar-refractivity contribution in [3.8, 4) is 17.1 Å². The summed E-state index contributed by atoms with van der Waals surface area (Å²) >= 11 is 6.49. The van der Waals surface area contributed by atoms with E-state index in [1.807, 2.05) is 61.5 Å². The molecule has 0 bridgehead atoms. The first-order valence-corrected chi connectivity index (χ1v) is 11.6. The molecule has 0 N–H and O–H groups in total. The molecule has 0 aliphatic carbocycles. The molecule has 34 heavy (non-hydrogen) atoms. The van der Waals surface area contributed by atoms with Crippen molar-refractivity contribution in [3.05, 3.63) is 87.6 Å². The molecule has 2 aromatic heterocycles. The Labute approximate surface area is 202 Å². The van der Waals surface area contributed by atoms with Crippen molar-refractivity contribution in [2.45, 2.75) is 19.9 Å². The molecule has 0 radical (unpaired) electrons. The van der Waals surface area contributed by atoms with Crippen LogP contribution in [0.4, 0.5) is 5.69 Å². The van der Waals surface area contributed by atoms with Crippen LogP contribution in [0.5, 0.6) is 0 Å². The highest BCUT2D eigenvalue weighted by atomic mass is 35.5. The third-order valence-electron chi connectivity index (χ3n) is 6.17. The first-order chi connectivity index (χ1) is 16.5. The second kappa shape index (κ2) is 9.40. The van der Waals surface area contributed by atoms with Crippen LogP contribution < -0.4 is 10.5 Å². The summed E-state index contributed by atoms with van der Waals surface area (Å²) in [6.07, 6.45) is 1.67. The van der Waals surface area contributed by atoms with Crippen LogP contribution in [-0.4, -0.2) is 51.1 Å². The highest BCUT2D eigenvalue weighted by Crippen LogP contribution is 2.28. The lowest BCUT2D eigenvalue weighted by atomic mass is 10.1. The largest absolute Gasteiger partial charge is 0.419 e. The van der Waals surface area contributed by atoms with Gasteiger partial charge in [-0.3, -0.25) is 9.69 Å². The van der Waals surface area contributed by atoms with Gasteiger partial charge in [-0.05, 0) is 38.1 Å². The van der Waals surface area contributed by atoms with E-state index >= 15 is 0 Å². The Balaban J connectivity index is 1.27. The highest BCUT2D eigenvalue weighted by Gasteiger charge is 2.27. The van der Waals surface area contributed by atoms with E-state index in [0.29, 0.717) is 36.2 Å². The fraction of sp³-hybridized carbons (Fsp3) is 0.280. The summed E-state index contributed by atoms with van der Waals surface area (Å²) in [5.41, 5.74) is 3.08. The Hall–Kier alpha value is -3.49. The van der Waals surface area contributed by atoms with Gasteiger partial charge in [0.15, 0.2) is 0 Å². The van der Waals surface area contributed by atoms with Crippen molar-refractivity contribution >= 4 is 17.3 Å². The highest BCUT2D eigenvalue weighted by molar-refractivity contribution is 6.33. The van der Waals surface area contributed by atoms with Gasteiger partial charge in [-0.15, -0.1) is 10.2 Å². The molecule has 3 heterocycles. The third-order valence-corrected chi connectivity index (χ3v) is 6.52. The second-order valence-electron chi connectivity index (χ2n) is 8.41. The standard InChI is InChI=1S/C25H25ClN6O2/c1-17-7-6-8-19(15-17)24-29-28-23(34-24)18(2)30-11-13-31(14-12-30)21-16-27-32(25(33)22(21)26)20-9-4-3-5-10-20/h3-10,15-16,18H,11-14H2,1-2H3/t18-/m0/s1. The number of hydrogen-bond donors (Lipinski definition) is 0. The van der Waals surface area contributed by atoms with E-state index in [1.54, 1.807) is 6.20 Å². The Bertz CT molecular complexity index is 1350. The van der Waals surface area contributed by atoms with Gasteiger partial charge in [0.2, 0.25) is 11.8 Å². The summed E-state index contributed by atoms with van der Waals surface area (Å²) in [7, 11) is 0. The van der Waals surface area contributed by atoms with Gasteiger partial charge < -0.3 is 9.32 Å². The van der Waals surface area contributed by atoms with Crippen LogP contribution >= 0.6 is 11.6 Å². The van der Waals surface area contributed by atoms with Crippen LogP contribution in [0.15, 0.2) is 70.0 Å². The quantitative estimate of drug-likeness (QED) is 0.428. The zero-order valence-electron chi connectivity index (χ0n) is 19.1. The Morgan fingerprint density at radius 2 is 1.76 bits per heavy atom. The van der Waals surface area contributed by atoms with Crippen molar-refractivity contribution in [2.75, 3.05) is 31.1 Å². The zero-order valence-corrected chi connectivity index (χ0v) is 19.8. The Morgan fingerprint density at radius 1 is 1.00 bits per heavy atom. The van der Waals surface area contributed by atoms with Crippen LogP contribution in [0.1, 0.15) is 24.4 Å². The van der Waals surface area contributed by atoms with E-state index in [-0.39, 0.29) is 16.6 Å². The van der Waals surface area contributed by atoms with Crippen LogP contribution in [0.25, 0.3) is 17.1 Å². The van der Waals surface area contributed by atoms with Gasteiger partial charge in [-0.2, -0.15) is 9.78 Å². The molecule has 8 nitrogen and oxygen atoms in total. The number of aromatic nitrogens is 4. The van der Waals surface area contributed by atoms with Crippen molar-refractivity contribution in [1.82, 2.24) is 24.9 Å². The molecule has 2 aromatic carbocycles. The van der Waals surface area contributed by atoms with Gasteiger partial charge in [-0.25, -0.2) is 0 Å². The molecule has 9 heteroatoms. The van der Waals surface area contributed by atoms with E-state index in [9.17, 15) is 4.79 Å². The van der Waals surface area contributed by atoms with Crippen molar-refractivity contribution < 1.29 is 4.42 Å². The third kappa shape index (κ3) is 4.34. The van der Waals surface area contributed by atoms with E-state index in [0.717, 1.165) is 24.2 Å². The molecular weight excluding hydrogens is 452 g/mol. The van der Waals surface area contributed by atoms with E-state index < -0.39 is 0 Å². The maximum absolute atomic E-state index is 12.8. The van der Waals surface area contributed by atoms with E-state index in [1.165, 1.54) is 4.68 Å². The maximum atomic E-state index is 12.8. The summed E-state index contributed by atoms with van der Waals surface area (Å²) in [5, 5.41) is 13.1. The van der Waals surface area contributed by atoms with Crippen molar-refractivity contribution in [2.24, 2.45) is 0 Å². The predicted molar refractivity (Wildman–Crippen MR) is 132 cm³/mol. The fourth-order valence-corrected chi connectivity index (χ4v) is 4.45. The summed E-state index contributed by atoms with van der Waals surface area (Å²) in [5.74, 6) is 1.12. The first kappa shape index (κ1) is 22.3. The molecule has 0 unspecified atom stereocenters. The minimum atomic E-state index is -0.323. The van der Waals surface area contributed by atoms with Gasteiger partial charge >= 0.3 is 0 Å². The molecule has 0 saturated carbocycles. The van der Waals surface area contributed by atoms with Crippen LogP contribution in [0.2, 0.25) is 5.02 Å². The Morgan fingerprint density at radius 3 is 2.50 bits per heavy atom. The molecule has 1 atom stereocenters. The summed E-state index contributed by atoms with van der Waals surface area (Å²) in [6, 6.07) is 17.3. The van der Waals surface area contributed by atoms with E-state index in [4.69, 9.17) is 16.0 Å². The Kier molecular flexibility index (Phi) is 6.17. The zero-order chi connectivity index (χ0) is 23.7. The maximum Gasteiger partial charge on any atom is 0.292 e. The first-order valence-electron chi connectivity index (χ1n) is 11.2. The average Bonchev–Trinajstić information content (AvgIpc) is 3.36. The molecule has 174 valence electrons.